The summed E-state index contributed by atoms with van der Waals surface area (Å²) in [5.41, 5.74) is 3.45. The van der Waals surface area contributed by atoms with E-state index >= 15 is 0 Å². The van der Waals surface area contributed by atoms with Crippen molar-refractivity contribution in [1.82, 2.24) is 14.8 Å². The first-order valence-corrected chi connectivity index (χ1v) is 11.3. The molecule has 0 radical (unpaired) electrons. The van der Waals surface area contributed by atoms with Crippen molar-refractivity contribution in [3.05, 3.63) is 102 Å². The van der Waals surface area contributed by atoms with Crippen molar-refractivity contribution >= 4 is 27.3 Å². The largest absolute Gasteiger partial charge is 0.322 e. The number of anilines is 2. The van der Waals surface area contributed by atoms with Gasteiger partial charge in [-0.3, -0.25) is 9.52 Å². The van der Waals surface area contributed by atoms with Crippen molar-refractivity contribution in [3.8, 4) is 0 Å². The van der Waals surface area contributed by atoms with Crippen molar-refractivity contribution in [1.29, 1.82) is 0 Å². The van der Waals surface area contributed by atoms with Gasteiger partial charge in [-0.2, -0.15) is 5.10 Å². The maximum Gasteiger partial charge on any atom is 0.261 e. The van der Waals surface area contributed by atoms with Gasteiger partial charge < -0.3 is 5.32 Å². The van der Waals surface area contributed by atoms with Gasteiger partial charge in [0, 0.05) is 16.9 Å². The van der Waals surface area contributed by atoms with E-state index in [1.165, 1.54) is 6.33 Å². The van der Waals surface area contributed by atoms with Crippen molar-refractivity contribution < 1.29 is 13.2 Å². The highest BCUT2D eigenvalue weighted by Gasteiger charge is 2.14. The zero-order valence-corrected chi connectivity index (χ0v) is 18.1. The van der Waals surface area contributed by atoms with Crippen LogP contribution < -0.4 is 10.0 Å². The molecule has 162 valence electrons. The number of benzene rings is 3. The van der Waals surface area contributed by atoms with Crippen molar-refractivity contribution in [2.45, 2.75) is 18.4 Å². The van der Waals surface area contributed by atoms with Crippen LogP contribution in [0.25, 0.3) is 0 Å². The van der Waals surface area contributed by atoms with Crippen molar-refractivity contribution in [3.63, 3.8) is 0 Å². The average molecular weight is 448 g/mol. The molecule has 1 aromatic heterocycles. The Balaban J connectivity index is 1.37. The van der Waals surface area contributed by atoms with Gasteiger partial charge in [0.2, 0.25) is 0 Å². The Bertz CT molecular complexity index is 1300. The van der Waals surface area contributed by atoms with E-state index in [9.17, 15) is 13.2 Å². The fraction of sp³-hybridized carbons (Fsp3) is 0.0870. The van der Waals surface area contributed by atoms with E-state index < -0.39 is 10.0 Å². The number of rotatable bonds is 7. The molecule has 0 bridgehead atoms. The Kier molecular flexibility index (Phi) is 6.00. The van der Waals surface area contributed by atoms with Crippen LogP contribution in [0.5, 0.6) is 0 Å². The van der Waals surface area contributed by atoms with E-state index in [1.54, 1.807) is 71.7 Å². The predicted octanol–water partition coefficient (Wildman–Crippen LogP) is 3.69. The fourth-order valence-electron chi connectivity index (χ4n) is 3.02. The Morgan fingerprint density at radius 3 is 2.19 bits per heavy atom. The van der Waals surface area contributed by atoms with Gasteiger partial charge in [0.1, 0.15) is 12.7 Å². The number of hydrogen-bond donors (Lipinski definition) is 2. The molecule has 1 heterocycles. The monoisotopic (exact) mass is 447 g/mol. The van der Waals surface area contributed by atoms with E-state index in [-0.39, 0.29) is 10.8 Å². The number of amides is 1. The first-order valence-electron chi connectivity index (χ1n) is 9.81. The summed E-state index contributed by atoms with van der Waals surface area (Å²) in [6.45, 7) is 2.46. The summed E-state index contributed by atoms with van der Waals surface area (Å²) in [7, 11) is -3.68. The van der Waals surface area contributed by atoms with E-state index in [1.807, 2.05) is 19.1 Å². The lowest BCUT2D eigenvalue weighted by Gasteiger charge is -2.10. The minimum absolute atomic E-state index is 0.188. The summed E-state index contributed by atoms with van der Waals surface area (Å²) in [6, 6.07) is 20.3. The Morgan fingerprint density at radius 2 is 1.56 bits per heavy atom. The lowest BCUT2D eigenvalue weighted by molar-refractivity contribution is 0.102. The lowest BCUT2D eigenvalue weighted by Crippen LogP contribution is -2.14. The second-order valence-electron chi connectivity index (χ2n) is 7.24. The molecule has 0 spiro atoms. The van der Waals surface area contributed by atoms with Crippen LogP contribution in [0.2, 0.25) is 0 Å². The summed E-state index contributed by atoms with van der Waals surface area (Å²) in [5.74, 6) is -0.259. The predicted molar refractivity (Wildman–Crippen MR) is 122 cm³/mol. The molecule has 4 aromatic rings. The maximum atomic E-state index is 12.5. The van der Waals surface area contributed by atoms with E-state index in [4.69, 9.17) is 0 Å². The number of carbonyl (C=O) groups excluding carboxylic acids is 1. The van der Waals surface area contributed by atoms with Crippen LogP contribution in [0.3, 0.4) is 0 Å². The van der Waals surface area contributed by atoms with Gasteiger partial charge in [-0.25, -0.2) is 18.1 Å². The molecule has 1 amide bonds. The third-order valence-corrected chi connectivity index (χ3v) is 6.15. The van der Waals surface area contributed by atoms with Crippen LogP contribution in [0.4, 0.5) is 11.4 Å². The molecular weight excluding hydrogens is 426 g/mol. The number of carbonyl (C=O) groups is 1. The number of aryl methyl sites for hydroxylation is 1. The molecule has 0 aliphatic heterocycles. The SMILES string of the molecule is Cc1ccc(S(=O)(=O)Nc2ccc(NC(=O)c3ccc(Cn4cncn4)cc3)cc2)cc1. The van der Waals surface area contributed by atoms with Gasteiger partial charge in [-0.1, -0.05) is 29.8 Å². The minimum atomic E-state index is -3.68. The van der Waals surface area contributed by atoms with Gasteiger partial charge in [-0.05, 0) is 61.0 Å². The van der Waals surface area contributed by atoms with Crippen molar-refractivity contribution in [2.24, 2.45) is 0 Å². The van der Waals surface area contributed by atoms with Crippen LogP contribution in [-0.2, 0) is 16.6 Å². The van der Waals surface area contributed by atoms with E-state index in [0.717, 1.165) is 11.1 Å². The molecule has 9 heteroatoms. The number of nitrogens with zero attached hydrogens (tertiary/aromatic N) is 3. The summed E-state index contributed by atoms with van der Waals surface area (Å²) >= 11 is 0. The molecule has 0 saturated carbocycles. The molecule has 0 atom stereocenters. The zero-order valence-electron chi connectivity index (χ0n) is 17.3. The van der Waals surface area contributed by atoms with Gasteiger partial charge >= 0.3 is 0 Å². The molecule has 4 rings (SSSR count). The smallest absolute Gasteiger partial charge is 0.261 e. The van der Waals surface area contributed by atoms with Crippen LogP contribution in [0, 0.1) is 6.92 Å². The molecule has 0 fully saturated rings. The first-order chi connectivity index (χ1) is 15.4. The molecule has 0 unspecified atom stereocenters. The Morgan fingerprint density at radius 1 is 0.906 bits per heavy atom. The summed E-state index contributed by atoms with van der Waals surface area (Å²) in [6.07, 6.45) is 3.10. The fourth-order valence-corrected chi connectivity index (χ4v) is 4.08. The average Bonchev–Trinajstić information content (AvgIpc) is 3.29. The zero-order chi connectivity index (χ0) is 22.6. The van der Waals surface area contributed by atoms with E-state index in [2.05, 4.69) is 20.1 Å². The first kappa shape index (κ1) is 21.3. The van der Waals surface area contributed by atoms with Crippen molar-refractivity contribution in [2.75, 3.05) is 10.0 Å². The van der Waals surface area contributed by atoms with Gasteiger partial charge in [0.15, 0.2) is 0 Å². The van der Waals surface area contributed by atoms with Crippen LogP contribution in [0.1, 0.15) is 21.5 Å². The third-order valence-electron chi connectivity index (χ3n) is 4.75. The summed E-state index contributed by atoms with van der Waals surface area (Å²) in [4.78, 5) is 16.6. The second-order valence-corrected chi connectivity index (χ2v) is 8.92. The molecular formula is C23H21N5O3S. The highest BCUT2D eigenvalue weighted by molar-refractivity contribution is 7.92. The molecule has 8 nitrogen and oxygen atoms in total. The maximum absolute atomic E-state index is 12.5. The Labute approximate surface area is 186 Å². The molecule has 0 aliphatic carbocycles. The number of hydrogen-bond acceptors (Lipinski definition) is 5. The number of nitrogens with one attached hydrogen (secondary N) is 2. The molecule has 32 heavy (non-hydrogen) atoms. The van der Waals surface area contributed by atoms with E-state index in [0.29, 0.717) is 23.5 Å². The summed E-state index contributed by atoms with van der Waals surface area (Å²) in [5, 5.41) is 6.87. The topological polar surface area (TPSA) is 106 Å². The molecule has 3 aromatic carbocycles. The van der Waals surface area contributed by atoms with Gasteiger partial charge in [0.05, 0.1) is 11.4 Å². The molecule has 0 aliphatic rings. The number of sulfonamides is 1. The molecule has 2 N–H and O–H groups in total. The highest BCUT2D eigenvalue weighted by atomic mass is 32.2. The second kappa shape index (κ2) is 9.03. The quantitative estimate of drug-likeness (QED) is 0.449. The molecule has 0 saturated heterocycles. The lowest BCUT2D eigenvalue weighted by atomic mass is 10.1. The number of aromatic nitrogens is 3. The minimum Gasteiger partial charge on any atom is -0.322 e. The summed E-state index contributed by atoms with van der Waals surface area (Å²) < 4.78 is 29.2. The highest BCUT2D eigenvalue weighted by Crippen LogP contribution is 2.19. The third kappa shape index (κ3) is 5.19. The van der Waals surface area contributed by atoms with Gasteiger partial charge in [0.25, 0.3) is 15.9 Å². The van der Waals surface area contributed by atoms with Crippen LogP contribution in [0.15, 0.2) is 90.3 Å². The Hall–Kier alpha value is -3.98. The normalized spacial score (nSPS) is 11.2. The van der Waals surface area contributed by atoms with Crippen LogP contribution in [-0.4, -0.2) is 29.1 Å². The van der Waals surface area contributed by atoms with Gasteiger partial charge in [-0.15, -0.1) is 0 Å². The van der Waals surface area contributed by atoms with Crippen LogP contribution >= 0.6 is 0 Å². The standard InChI is InChI=1S/C23H21N5O3S/c1-17-2-12-22(13-3-17)32(30,31)27-21-10-8-20(9-11-21)26-23(29)19-6-4-18(5-7-19)14-28-16-24-15-25-28/h2-13,15-16,27H,14H2,1H3,(H,26,29).